The van der Waals surface area contributed by atoms with Gasteiger partial charge in [-0.15, -0.1) is 11.8 Å². The van der Waals surface area contributed by atoms with Gasteiger partial charge in [0.15, 0.2) is 5.13 Å². The number of aromatic nitrogens is 1. The molecule has 2 amide bonds. The Balaban J connectivity index is 1.39. The summed E-state index contributed by atoms with van der Waals surface area (Å²) in [6, 6.07) is 13.6. The number of para-hydroxylation sites is 1. The fraction of sp³-hybridized carbons (Fsp3) is 0.300. The third kappa shape index (κ3) is 3.88. The Kier molecular flexibility index (Phi) is 5.59. The molecule has 2 heterocycles. The number of thiazole rings is 1. The zero-order valence-electron chi connectivity index (χ0n) is 15.8. The lowest BCUT2D eigenvalue weighted by atomic mass is 10.3. The molecule has 4 rings (SSSR count). The highest BCUT2D eigenvalue weighted by Gasteiger charge is 2.23. The Bertz CT molecular complexity index is 983. The third-order valence-electron chi connectivity index (χ3n) is 4.75. The van der Waals surface area contributed by atoms with E-state index in [0.29, 0.717) is 13.1 Å². The van der Waals surface area contributed by atoms with Crippen molar-refractivity contribution in [3.8, 4) is 5.75 Å². The average Bonchev–Trinajstić information content (AvgIpc) is 3.18. The van der Waals surface area contributed by atoms with E-state index in [2.05, 4.69) is 34.7 Å². The summed E-state index contributed by atoms with van der Waals surface area (Å²) < 4.78 is 6.42. The third-order valence-corrected chi connectivity index (χ3v) is 6.60. The van der Waals surface area contributed by atoms with Gasteiger partial charge in [-0.3, -0.25) is 0 Å². The minimum Gasteiger partial charge on any atom is -0.497 e. The van der Waals surface area contributed by atoms with Crippen LogP contribution in [0.2, 0.25) is 0 Å². The number of benzene rings is 2. The summed E-state index contributed by atoms with van der Waals surface area (Å²) in [5.41, 5.74) is 1.82. The van der Waals surface area contributed by atoms with Gasteiger partial charge in [0.05, 0.1) is 17.3 Å². The molecule has 0 spiro atoms. The second-order valence-corrected chi connectivity index (χ2v) is 8.30. The molecule has 8 heteroatoms. The van der Waals surface area contributed by atoms with Crippen molar-refractivity contribution in [2.24, 2.45) is 0 Å². The van der Waals surface area contributed by atoms with Gasteiger partial charge in [-0.25, -0.2) is 9.78 Å². The average molecular weight is 415 g/mol. The Hall–Kier alpha value is -2.45. The van der Waals surface area contributed by atoms with Crippen LogP contribution < -0.4 is 15.0 Å². The Labute approximate surface area is 172 Å². The lowest BCUT2D eigenvalue weighted by Crippen LogP contribution is -2.50. The molecule has 1 aromatic heterocycles. The summed E-state index contributed by atoms with van der Waals surface area (Å²) in [5, 5.41) is 3.98. The summed E-state index contributed by atoms with van der Waals surface area (Å²) in [4.78, 5) is 22.7. The summed E-state index contributed by atoms with van der Waals surface area (Å²) in [7, 11) is 1.62. The molecule has 146 valence electrons. The molecule has 0 bridgehead atoms. The van der Waals surface area contributed by atoms with Crippen molar-refractivity contribution < 1.29 is 9.53 Å². The fourth-order valence-corrected chi connectivity index (χ4v) is 4.89. The van der Waals surface area contributed by atoms with E-state index in [4.69, 9.17) is 9.72 Å². The van der Waals surface area contributed by atoms with Crippen molar-refractivity contribution in [2.75, 3.05) is 49.8 Å². The minimum atomic E-state index is -0.0816. The number of nitrogens with zero attached hydrogens (tertiary/aromatic N) is 3. The van der Waals surface area contributed by atoms with Gasteiger partial charge in [-0.1, -0.05) is 23.5 Å². The van der Waals surface area contributed by atoms with Gasteiger partial charge in [-0.2, -0.15) is 0 Å². The molecule has 1 aliphatic rings. The van der Waals surface area contributed by atoms with Gasteiger partial charge in [0.1, 0.15) is 5.75 Å². The van der Waals surface area contributed by atoms with E-state index < -0.39 is 0 Å². The van der Waals surface area contributed by atoms with Crippen molar-refractivity contribution in [1.82, 2.24) is 9.88 Å². The molecule has 1 N–H and O–H groups in total. The molecule has 0 aliphatic carbocycles. The molecular formula is C20H22N4O2S2. The summed E-state index contributed by atoms with van der Waals surface area (Å²) in [6.45, 7) is 2.89. The molecule has 28 heavy (non-hydrogen) atoms. The van der Waals surface area contributed by atoms with E-state index in [9.17, 15) is 4.79 Å². The molecule has 1 aliphatic heterocycles. The number of amides is 2. The van der Waals surface area contributed by atoms with Gasteiger partial charge in [0.2, 0.25) is 0 Å². The van der Waals surface area contributed by atoms with Gasteiger partial charge < -0.3 is 19.9 Å². The lowest BCUT2D eigenvalue weighted by molar-refractivity contribution is 0.208. The highest BCUT2D eigenvalue weighted by molar-refractivity contribution is 7.98. The molecule has 0 atom stereocenters. The van der Waals surface area contributed by atoms with E-state index in [1.807, 2.05) is 29.2 Å². The number of methoxy groups -OCH3 is 1. The predicted molar refractivity (Wildman–Crippen MR) is 117 cm³/mol. The number of fused-ring (bicyclic) bond motifs is 1. The summed E-state index contributed by atoms with van der Waals surface area (Å²) in [5.74, 6) is 0.725. The first-order valence-electron chi connectivity index (χ1n) is 9.06. The Morgan fingerprint density at radius 3 is 2.71 bits per heavy atom. The van der Waals surface area contributed by atoms with Gasteiger partial charge in [0, 0.05) is 42.8 Å². The molecular weight excluding hydrogens is 392 g/mol. The van der Waals surface area contributed by atoms with Crippen LogP contribution in [0.15, 0.2) is 47.4 Å². The largest absolute Gasteiger partial charge is 0.497 e. The van der Waals surface area contributed by atoms with Crippen LogP contribution in [0.4, 0.5) is 15.6 Å². The molecule has 6 nitrogen and oxygen atoms in total. The van der Waals surface area contributed by atoms with Crippen LogP contribution in [0.1, 0.15) is 0 Å². The number of carbonyl (C=O) groups is 1. The second-order valence-electron chi connectivity index (χ2n) is 6.44. The van der Waals surface area contributed by atoms with E-state index in [0.717, 1.165) is 35.2 Å². The summed E-state index contributed by atoms with van der Waals surface area (Å²) in [6.07, 6.45) is 2.08. The van der Waals surface area contributed by atoms with E-state index in [1.165, 1.54) is 9.60 Å². The van der Waals surface area contributed by atoms with Crippen molar-refractivity contribution in [2.45, 2.75) is 4.90 Å². The predicted octanol–water partition coefficient (Wildman–Crippen LogP) is 4.38. The SMILES string of the molecule is COc1cccc(NC(=O)N2CCN(c3nc4c(SC)cccc4s3)CC2)c1. The molecule has 2 aromatic carbocycles. The normalized spacial score (nSPS) is 14.4. The smallest absolute Gasteiger partial charge is 0.321 e. The number of hydrogen-bond donors (Lipinski definition) is 1. The van der Waals surface area contributed by atoms with Crippen LogP contribution >= 0.6 is 23.1 Å². The molecule has 1 saturated heterocycles. The highest BCUT2D eigenvalue weighted by atomic mass is 32.2. The van der Waals surface area contributed by atoms with Crippen LogP contribution in [0.3, 0.4) is 0 Å². The molecule has 0 radical (unpaired) electrons. The van der Waals surface area contributed by atoms with Crippen LogP contribution in [0.25, 0.3) is 10.2 Å². The van der Waals surface area contributed by atoms with E-state index in [1.54, 1.807) is 30.2 Å². The number of thioether (sulfide) groups is 1. The zero-order chi connectivity index (χ0) is 19.5. The number of carbonyl (C=O) groups excluding carboxylic acids is 1. The number of rotatable bonds is 4. The lowest BCUT2D eigenvalue weighted by Gasteiger charge is -2.34. The van der Waals surface area contributed by atoms with Crippen LogP contribution in [-0.2, 0) is 0 Å². The van der Waals surface area contributed by atoms with Gasteiger partial charge >= 0.3 is 6.03 Å². The second kappa shape index (κ2) is 8.28. The molecule has 0 unspecified atom stereocenters. The monoisotopic (exact) mass is 414 g/mol. The molecule has 0 saturated carbocycles. The zero-order valence-corrected chi connectivity index (χ0v) is 17.5. The number of anilines is 2. The van der Waals surface area contributed by atoms with Crippen LogP contribution in [-0.4, -0.2) is 55.5 Å². The van der Waals surface area contributed by atoms with Crippen molar-refractivity contribution >= 4 is 50.2 Å². The first-order chi connectivity index (χ1) is 13.7. The van der Waals surface area contributed by atoms with Crippen molar-refractivity contribution in [1.29, 1.82) is 0 Å². The number of piperazine rings is 1. The van der Waals surface area contributed by atoms with Gasteiger partial charge in [-0.05, 0) is 30.5 Å². The topological polar surface area (TPSA) is 57.7 Å². The fourth-order valence-electron chi connectivity index (χ4n) is 3.22. The maximum atomic E-state index is 12.6. The van der Waals surface area contributed by atoms with E-state index in [-0.39, 0.29) is 6.03 Å². The van der Waals surface area contributed by atoms with E-state index >= 15 is 0 Å². The van der Waals surface area contributed by atoms with Crippen molar-refractivity contribution in [3.63, 3.8) is 0 Å². The van der Waals surface area contributed by atoms with Gasteiger partial charge in [0.25, 0.3) is 0 Å². The Morgan fingerprint density at radius 2 is 1.96 bits per heavy atom. The quantitative estimate of drug-likeness (QED) is 0.642. The first-order valence-corrected chi connectivity index (χ1v) is 11.1. The first kappa shape index (κ1) is 18.9. The van der Waals surface area contributed by atoms with Crippen LogP contribution in [0.5, 0.6) is 5.75 Å². The number of ether oxygens (including phenoxy) is 1. The summed E-state index contributed by atoms with van der Waals surface area (Å²) >= 11 is 3.44. The number of urea groups is 1. The molecule has 3 aromatic rings. The minimum absolute atomic E-state index is 0.0816. The number of hydrogen-bond acceptors (Lipinski definition) is 6. The number of nitrogens with one attached hydrogen (secondary N) is 1. The standard InChI is InChI=1S/C20H22N4O2S2/c1-26-15-6-3-5-14(13-15)21-19(25)23-9-11-24(12-10-23)20-22-18-16(27-2)7-4-8-17(18)28-20/h3-8,13H,9-12H2,1-2H3,(H,21,25). The van der Waals surface area contributed by atoms with Crippen LogP contribution in [0, 0.1) is 0 Å². The maximum absolute atomic E-state index is 12.6. The molecule has 1 fully saturated rings. The highest BCUT2D eigenvalue weighted by Crippen LogP contribution is 2.34. The van der Waals surface area contributed by atoms with Crippen molar-refractivity contribution in [3.05, 3.63) is 42.5 Å². The maximum Gasteiger partial charge on any atom is 0.321 e. The Morgan fingerprint density at radius 1 is 1.18 bits per heavy atom.